The average molecular weight is 275 g/mol. The Morgan fingerprint density at radius 3 is 2.61 bits per heavy atom. The van der Waals surface area contributed by atoms with Crippen LogP contribution in [0.1, 0.15) is 11.1 Å². The van der Waals surface area contributed by atoms with Crippen LogP contribution in [0.5, 0.6) is 0 Å². The topological polar surface area (TPSA) is 40.9 Å². The van der Waals surface area contributed by atoms with E-state index in [-0.39, 0.29) is 5.75 Å². The summed E-state index contributed by atoms with van der Waals surface area (Å²) in [6, 6.07) is 8.24. The van der Waals surface area contributed by atoms with Gasteiger partial charge in [0.1, 0.15) is 0 Å². The molecular formula is C12H12F3NOS. The van der Waals surface area contributed by atoms with Gasteiger partial charge in [-0.2, -0.15) is 18.4 Å². The van der Waals surface area contributed by atoms with Crippen molar-refractivity contribution in [2.45, 2.75) is 18.9 Å². The highest BCUT2D eigenvalue weighted by Gasteiger charge is 2.40. The van der Waals surface area contributed by atoms with E-state index in [1.807, 2.05) is 13.0 Å². The van der Waals surface area contributed by atoms with Crippen molar-refractivity contribution >= 4 is 10.8 Å². The van der Waals surface area contributed by atoms with E-state index in [0.29, 0.717) is 5.56 Å². The maximum absolute atomic E-state index is 12.3. The zero-order valence-corrected chi connectivity index (χ0v) is 10.5. The van der Waals surface area contributed by atoms with Gasteiger partial charge < -0.3 is 0 Å². The summed E-state index contributed by atoms with van der Waals surface area (Å²) in [6.07, 6.45) is -4.61. The number of hydrogen-bond acceptors (Lipinski definition) is 2. The van der Waals surface area contributed by atoms with Crippen LogP contribution >= 0.6 is 0 Å². The molecule has 0 saturated carbocycles. The monoisotopic (exact) mass is 275 g/mol. The fourth-order valence-electron chi connectivity index (χ4n) is 1.44. The molecule has 6 heteroatoms. The Balaban J connectivity index is 2.65. The quantitative estimate of drug-likeness (QED) is 0.847. The Labute approximate surface area is 106 Å². The van der Waals surface area contributed by atoms with Gasteiger partial charge in [0, 0.05) is 22.3 Å². The SMILES string of the molecule is Cc1cccc(CS(=O)CC(C#N)C(F)(F)F)c1. The Kier molecular flexibility index (Phi) is 4.91. The second-order valence-corrected chi connectivity index (χ2v) is 5.46. The van der Waals surface area contributed by atoms with Gasteiger partial charge in [0.25, 0.3) is 0 Å². The van der Waals surface area contributed by atoms with Crippen molar-refractivity contribution in [2.24, 2.45) is 5.92 Å². The molecule has 0 aliphatic carbocycles. The second kappa shape index (κ2) is 6.01. The highest BCUT2D eigenvalue weighted by molar-refractivity contribution is 7.84. The first-order valence-electron chi connectivity index (χ1n) is 5.20. The van der Waals surface area contributed by atoms with E-state index in [1.165, 1.54) is 0 Å². The van der Waals surface area contributed by atoms with Gasteiger partial charge in [-0.1, -0.05) is 29.8 Å². The average Bonchev–Trinajstić information content (AvgIpc) is 2.24. The van der Waals surface area contributed by atoms with E-state index in [4.69, 9.17) is 5.26 Å². The molecule has 1 aromatic carbocycles. The lowest BCUT2D eigenvalue weighted by Crippen LogP contribution is -2.27. The van der Waals surface area contributed by atoms with Crippen LogP contribution in [-0.4, -0.2) is 16.1 Å². The molecule has 0 N–H and O–H groups in total. The first-order valence-corrected chi connectivity index (χ1v) is 6.68. The van der Waals surface area contributed by atoms with Crippen molar-refractivity contribution in [1.29, 1.82) is 5.26 Å². The lowest BCUT2D eigenvalue weighted by Gasteiger charge is -2.12. The molecule has 0 aliphatic rings. The zero-order valence-electron chi connectivity index (χ0n) is 9.70. The van der Waals surface area contributed by atoms with Crippen LogP contribution in [0.4, 0.5) is 13.2 Å². The number of aryl methyl sites for hydroxylation is 1. The smallest absolute Gasteiger partial charge is 0.259 e. The van der Waals surface area contributed by atoms with E-state index >= 15 is 0 Å². The third-order valence-electron chi connectivity index (χ3n) is 2.31. The maximum Gasteiger partial charge on any atom is 0.405 e. The summed E-state index contributed by atoms with van der Waals surface area (Å²) >= 11 is 0. The van der Waals surface area contributed by atoms with Gasteiger partial charge in [-0.15, -0.1) is 0 Å². The Morgan fingerprint density at radius 1 is 1.44 bits per heavy atom. The van der Waals surface area contributed by atoms with Crippen LogP contribution in [0.2, 0.25) is 0 Å². The summed E-state index contributed by atoms with van der Waals surface area (Å²) in [5.41, 5.74) is 1.67. The number of nitriles is 1. The van der Waals surface area contributed by atoms with Crippen LogP contribution in [0.15, 0.2) is 24.3 Å². The second-order valence-electron chi connectivity index (χ2n) is 3.96. The Morgan fingerprint density at radius 2 is 2.11 bits per heavy atom. The van der Waals surface area contributed by atoms with Crippen molar-refractivity contribution in [1.82, 2.24) is 0 Å². The summed E-state index contributed by atoms with van der Waals surface area (Å²) in [7, 11) is -1.70. The molecular weight excluding hydrogens is 263 g/mol. The van der Waals surface area contributed by atoms with Crippen LogP contribution < -0.4 is 0 Å². The van der Waals surface area contributed by atoms with Gasteiger partial charge in [0.2, 0.25) is 0 Å². The van der Waals surface area contributed by atoms with Gasteiger partial charge in [0.15, 0.2) is 5.92 Å². The summed E-state index contributed by atoms with van der Waals surface area (Å²) < 4.78 is 48.6. The maximum atomic E-state index is 12.3. The first kappa shape index (κ1) is 14.7. The summed E-state index contributed by atoms with van der Waals surface area (Å²) in [5.74, 6) is -2.80. The molecule has 18 heavy (non-hydrogen) atoms. The Hall–Kier alpha value is -1.35. The summed E-state index contributed by atoms with van der Waals surface area (Å²) in [4.78, 5) is 0. The molecule has 1 rings (SSSR count). The molecule has 0 bridgehead atoms. The van der Waals surface area contributed by atoms with Crippen LogP contribution in [0.3, 0.4) is 0 Å². The molecule has 2 unspecified atom stereocenters. The lowest BCUT2D eigenvalue weighted by atomic mass is 10.2. The number of alkyl halides is 3. The van der Waals surface area contributed by atoms with E-state index in [1.54, 1.807) is 18.2 Å². The molecule has 0 saturated heterocycles. The third-order valence-corrected chi connectivity index (χ3v) is 3.67. The van der Waals surface area contributed by atoms with E-state index in [0.717, 1.165) is 11.6 Å². The van der Waals surface area contributed by atoms with Crippen LogP contribution in [-0.2, 0) is 16.6 Å². The van der Waals surface area contributed by atoms with Crippen LogP contribution in [0, 0.1) is 24.2 Å². The molecule has 0 amide bonds. The molecule has 1 aromatic rings. The summed E-state index contributed by atoms with van der Waals surface area (Å²) in [5, 5.41) is 8.42. The molecule has 2 atom stereocenters. The number of nitrogens with zero attached hydrogens (tertiary/aromatic N) is 1. The minimum Gasteiger partial charge on any atom is -0.259 e. The molecule has 0 radical (unpaired) electrons. The van der Waals surface area contributed by atoms with Crippen molar-refractivity contribution in [2.75, 3.05) is 5.75 Å². The molecule has 0 aliphatic heterocycles. The van der Waals surface area contributed by atoms with Crippen LogP contribution in [0.25, 0.3) is 0 Å². The highest BCUT2D eigenvalue weighted by Crippen LogP contribution is 2.26. The van der Waals surface area contributed by atoms with Crippen molar-refractivity contribution in [3.63, 3.8) is 0 Å². The predicted molar refractivity (Wildman–Crippen MR) is 63.1 cm³/mol. The standard InChI is InChI=1S/C12H12F3NOS/c1-9-3-2-4-10(5-9)7-18(17)8-11(6-16)12(13,14)15/h2-5,11H,7-8H2,1H3. The molecule has 2 nitrogen and oxygen atoms in total. The van der Waals surface area contributed by atoms with Crippen molar-refractivity contribution < 1.29 is 17.4 Å². The van der Waals surface area contributed by atoms with E-state index in [9.17, 15) is 17.4 Å². The van der Waals surface area contributed by atoms with Gasteiger partial charge >= 0.3 is 6.18 Å². The molecule has 0 heterocycles. The number of hydrogen-bond donors (Lipinski definition) is 0. The molecule has 0 aromatic heterocycles. The fraction of sp³-hybridized carbons (Fsp3) is 0.417. The fourth-order valence-corrected chi connectivity index (χ4v) is 2.74. The van der Waals surface area contributed by atoms with Gasteiger partial charge in [-0.25, -0.2) is 0 Å². The van der Waals surface area contributed by atoms with Gasteiger partial charge in [-0.3, -0.25) is 4.21 Å². The molecule has 0 spiro atoms. The van der Waals surface area contributed by atoms with Gasteiger partial charge in [-0.05, 0) is 12.5 Å². The van der Waals surface area contributed by atoms with Crippen molar-refractivity contribution in [3.05, 3.63) is 35.4 Å². The van der Waals surface area contributed by atoms with Crippen molar-refractivity contribution in [3.8, 4) is 6.07 Å². The largest absolute Gasteiger partial charge is 0.405 e. The number of halogens is 3. The first-order chi connectivity index (χ1) is 8.32. The normalized spacial score (nSPS) is 14.8. The summed E-state index contributed by atoms with van der Waals surface area (Å²) in [6.45, 7) is 1.85. The van der Waals surface area contributed by atoms with E-state index in [2.05, 4.69) is 0 Å². The number of benzene rings is 1. The van der Waals surface area contributed by atoms with Gasteiger partial charge in [0.05, 0.1) is 6.07 Å². The highest BCUT2D eigenvalue weighted by atomic mass is 32.2. The molecule has 0 fully saturated rings. The minimum atomic E-state index is -4.61. The van der Waals surface area contributed by atoms with E-state index < -0.39 is 28.6 Å². The minimum absolute atomic E-state index is 0.0376. The Bertz CT molecular complexity index is 479. The third kappa shape index (κ3) is 4.49. The predicted octanol–water partition coefficient (Wildman–Crippen LogP) is 2.95. The molecule has 98 valence electrons. The zero-order chi connectivity index (χ0) is 13.8. The number of rotatable bonds is 4. The lowest BCUT2D eigenvalue weighted by molar-refractivity contribution is -0.153.